The summed E-state index contributed by atoms with van der Waals surface area (Å²) in [5.41, 5.74) is 0. The highest BCUT2D eigenvalue weighted by atomic mass is 16.4. The molecule has 0 aromatic rings. The number of carboxylic acid groups (broad SMARTS) is 2. The molecule has 1 saturated heterocycles. The molecule has 0 spiro atoms. The number of aliphatic carboxylic acids is 2. The van der Waals surface area contributed by atoms with Gasteiger partial charge in [-0.05, 0) is 19.4 Å². The molecule has 1 rings (SSSR count). The van der Waals surface area contributed by atoms with Crippen molar-refractivity contribution >= 4 is 11.9 Å². The molecular formula is C9H17NO7. The largest absolute Gasteiger partial charge is 0.479 e. The van der Waals surface area contributed by atoms with Crippen LogP contribution in [0.4, 0.5) is 0 Å². The quantitative estimate of drug-likeness (QED) is 0.324. The Morgan fingerprint density at radius 1 is 1.18 bits per heavy atom. The summed E-state index contributed by atoms with van der Waals surface area (Å²) < 4.78 is 0. The summed E-state index contributed by atoms with van der Waals surface area (Å²) in [6.45, 7) is 1.39. The Morgan fingerprint density at radius 3 is 1.82 bits per heavy atom. The SMILES string of the molecule is O=C(O)C(O)C(O)C(=O)O.OCC1CCCN1. The number of aliphatic hydroxyl groups excluding tert-OH is 3. The molecule has 8 nitrogen and oxygen atoms in total. The Kier molecular flexibility index (Phi) is 7.39. The van der Waals surface area contributed by atoms with Crippen LogP contribution < -0.4 is 5.32 Å². The number of nitrogens with one attached hydrogen (secondary N) is 1. The van der Waals surface area contributed by atoms with Gasteiger partial charge in [0.25, 0.3) is 0 Å². The first kappa shape index (κ1) is 15.8. The summed E-state index contributed by atoms with van der Waals surface area (Å²) in [7, 11) is 0. The van der Waals surface area contributed by atoms with E-state index in [1.54, 1.807) is 0 Å². The monoisotopic (exact) mass is 251 g/mol. The van der Waals surface area contributed by atoms with Gasteiger partial charge in [0.05, 0.1) is 6.61 Å². The van der Waals surface area contributed by atoms with E-state index < -0.39 is 24.1 Å². The van der Waals surface area contributed by atoms with Crippen LogP contribution in [-0.4, -0.2) is 68.9 Å². The van der Waals surface area contributed by atoms with Gasteiger partial charge in [-0.15, -0.1) is 0 Å². The fourth-order valence-corrected chi connectivity index (χ4v) is 1.18. The minimum Gasteiger partial charge on any atom is -0.479 e. The highest BCUT2D eigenvalue weighted by molar-refractivity contribution is 5.83. The van der Waals surface area contributed by atoms with E-state index >= 15 is 0 Å². The second-order valence-corrected chi connectivity index (χ2v) is 3.54. The van der Waals surface area contributed by atoms with Gasteiger partial charge < -0.3 is 30.8 Å². The normalized spacial score (nSPS) is 22.2. The zero-order chi connectivity index (χ0) is 13.4. The third-order valence-corrected chi connectivity index (χ3v) is 2.19. The molecule has 0 saturated carbocycles. The number of carboxylic acids is 2. The lowest BCUT2D eigenvalue weighted by Crippen LogP contribution is -2.39. The molecule has 0 aromatic carbocycles. The van der Waals surface area contributed by atoms with Crippen molar-refractivity contribution in [2.24, 2.45) is 0 Å². The maximum absolute atomic E-state index is 9.77. The standard InChI is InChI=1S/C5H11NO.C4H6O6/c7-4-5-2-1-3-6-5;5-1(3(7)8)2(6)4(9)10/h5-7H,1-4H2;1-2,5-6H,(H,7,8)(H,9,10). The van der Waals surface area contributed by atoms with Crippen LogP contribution in [0.15, 0.2) is 0 Å². The highest BCUT2D eigenvalue weighted by Gasteiger charge is 2.29. The molecule has 1 aliphatic heterocycles. The van der Waals surface area contributed by atoms with Gasteiger partial charge in [0.2, 0.25) is 0 Å². The summed E-state index contributed by atoms with van der Waals surface area (Å²) in [6, 6.07) is 0.403. The van der Waals surface area contributed by atoms with Crippen LogP contribution in [0.3, 0.4) is 0 Å². The number of hydrogen-bond acceptors (Lipinski definition) is 6. The fourth-order valence-electron chi connectivity index (χ4n) is 1.18. The van der Waals surface area contributed by atoms with Gasteiger partial charge in [-0.1, -0.05) is 0 Å². The molecule has 1 fully saturated rings. The first-order chi connectivity index (χ1) is 7.90. The molecule has 3 atom stereocenters. The maximum atomic E-state index is 9.77. The van der Waals surface area contributed by atoms with Gasteiger partial charge >= 0.3 is 11.9 Å². The van der Waals surface area contributed by atoms with Gasteiger partial charge in [0.1, 0.15) is 0 Å². The van der Waals surface area contributed by atoms with E-state index in [1.165, 1.54) is 6.42 Å². The molecule has 3 unspecified atom stereocenters. The van der Waals surface area contributed by atoms with E-state index in [-0.39, 0.29) is 0 Å². The van der Waals surface area contributed by atoms with Crippen molar-refractivity contribution < 1.29 is 35.1 Å². The Morgan fingerprint density at radius 2 is 1.65 bits per heavy atom. The number of hydrogen-bond donors (Lipinski definition) is 6. The van der Waals surface area contributed by atoms with Crippen molar-refractivity contribution in [3.05, 3.63) is 0 Å². The summed E-state index contributed by atoms with van der Waals surface area (Å²) in [5, 5.41) is 44.2. The Bertz CT molecular complexity index is 234. The molecule has 6 N–H and O–H groups in total. The first-order valence-electron chi connectivity index (χ1n) is 5.06. The first-order valence-corrected chi connectivity index (χ1v) is 5.06. The molecule has 100 valence electrons. The predicted octanol–water partition coefficient (Wildman–Crippen LogP) is -2.39. The van der Waals surface area contributed by atoms with Crippen LogP contribution in [0.2, 0.25) is 0 Å². The molecular weight excluding hydrogens is 234 g/mol. The van der Waals surface area contributed by atoms with Gasteiger partial charge in [0.15, 0.2) is 12.2 Å². The van der Waals surface area contributed by atoms with Gasteiger partial charge in [-0.2, -0.15) is 0 Å². The lowest BCUT2D eigenvalue weighted by molar-refractivity contribution is -0.165. The van der Waals surface area contributed by atoms with Crippen molar-refractivity contribution in [1.82, 2.24) is 5.32 Å². The Labute approximate surface area is 97.5 Å². The Hall–Kier alpha value is -1.22. The second kappa shape index (κ2) is 7.96. The van der Waals surface area contributed by atoms with E-state index in [2.05, 4.69) is 5.32 Å². The van der Waals surface area contributed by atoms with Crippen LogP contribution in [0.5, 0.6) is 0 Å². The van der Waals surface area contributed by atoms with E-state index in [1.807, 2.05) is 0 Å². The topological polar surface area (TPSA) is 147 Å². The molecule has 1 heterocycles. The van der Waals surface area contributed by atoms with Gasteiger partial charge in [0, 0.05) is 6.04 Å². The lowest BCUT2D eigenvalue weighted by Gasteiger charge is -2.07. The van der Waals surface area contributed by atoms with E-state index in [9.17, 15) is 9.59 Å². The molecule has 1 aliphatic rings. The zero-order valence-electron chi connectivity index (χ0n) is 9.11. The summed E-state index contributed by atoms with van der Waals surface area (Å²) in [5.74, 6) is -3.54. The second-order valence-electron chi connectivity index (χ2n) is 3.54. The minimum absolute atomic E-state index is 0.306. The van der Waals surface area contributed by atoms with Crippen LogP contribution in [0.1, 0.15) is 12.8 Å². The van der Waals surface area contributed by atoms with Crippen molar-refractivity contribution in [2.75, 3.05) is 13.2 Å². The summed E-state index contributed by atoms with van der Waals surface area (Å²) in [4.78, 5) is 19.5. The van der Waals surface area contributed by atoms with E-state index in [0.29, 0.717) is 12.6 Å². The number of rotatable bonds is 4. The van der Waals surface area contributed by atoms with E-state index in [0.717, 1.165) is 13.0 Å². The summed E-state index contributed by atoms with van der Waals surface area (Å²) in [6.07, 6.45) is -2.16. The fraction of sp³-hybridized carbons (Fsp3) is 0.778. The van der Waals surface area contributed by atoms with Crippen molar-refractivity contribution in [3.63, 3.8) is 0 Å². The molecule has 0 radical (unpaired) electrons. The van der Waals surface area contributed by atoms with Gasteiger partial charge in [-0.25, -0.2) is 9.59 Å². The van der Waals surface area contributed by atoms with Crippen molar-refractivity contribution in [2.45, 2.75) is 31.1 Å². The maximum Gasteiger partial charge on any atom is 0.335 e. The van der Waals surface area contributed by atoms with Crippen LogP contribution in [-0.2, 0) is 9.59 Å². The molecule has 0 aromatic heterocycles. The predicted molar refractivity (Wildman–Crippen MR) is 55.4 cm³/mol. The minimum atomic E-state index is -2.27. The molecule has 17 heavy (non-hydrogen) atoms. The van der Waals surface area contributed by atoms with Crippen molar-refractivity contribution in [1.29, 1.82) is 0 Å². The van der Waals surface area contributed by atoms with E-state index in [4.69, 9.17) is 25.5 Å². The summed E-state index contributed by atoms with van der Waals surface area (Å²) >= 11 is 0. The Balaban J connectivity index is 0.000000318. The average molecular weight is 251 g/mol. The third-order valence-electron chi connectivity index (χ3n) is 2.19. The lowest BCUT2D eigenvalue weighted by atomic mass is 10.2. The van der Waals surface area contributed by atoms with Gasteiger partial charge in [-0.3, -0.25) is 0 Å². The van der Waals surface area contributed by atoms with Crippen molar-refractivity contribution in [3.8, 4) is 0 Å². The molecule has 0 amide bonds. The molecule has 0 bridgehead atoms. The zero-order valence-corrected chi connectivity index (χ0v) is 9.11. The highest BCUT2D eigenvalue weighted by Crippen LogP contribution is 2.02. The van der Waals surface area contributed by atoms with Crippen LogP contribution in [0.25, 0.3) is 0 Å². The average Bonchev–Trinajstić information content (AvgIpc) is 2.80. The van der Waals surface area contributed by atoms with Crippen LogP contribution in [0, 0.1) is 0 Å². The number of aliphatic hydroxyl groups is 3. The molecule has 0 aliphatic carbocycles. The molecule has 8 heteroatoms. The third kappa shape index (κ3) is 6.17. The van der Waals surface area contributed by atoms with Crippen LogP contribution >= 0.6 is 0 Å². The number of carbonyl (C=O) groups is 2. The smallest absolute Gasteiger partial charge is 0.335 e.